The number of aliphatic hydroxyl groups excluding tert-OH is 1. The Kier molecular flexibility index (Phi) is 3.48. The third-order valence-electron chi connectivity index (χ3n) is 6.12. The van der Waals surface area contributed by atoms with E-state index in [4.69, 9.17) is 9.47 Å². The van der Waals surface area contributed by atoms with E-state index in [0.29, 0.717) is 11.7 Å². The maximum absolute atomic E-state index is 9.98. The number of rotatable bonds is 4. The zero-order valence-electron chi connectivity index (χ0n) is 16.0. The molecule has 0 unspecified atom stereocenters. The Balaban J connectivity index is 1.60. The molecule has 2 aromatic heterocycles. The minimum absolute atomic E-state index is 0.0855. The van der Waals surface area contributed by atoms with Crippen molar-refractivity contribution in [2.75, 3.05) is 20.7 Å². The van der Waals surface area contributed by atoms with Crippen LogP contribution in [-0.4, -0.2) is 69.6 Å². The molecule has 0 aromatic carbocycles. The van der Waals surface area contributed by atoms with Gasteiger partial charge in [-0.05, 0) is 32.3 Å². The number of aliphatic hydroxyl groups is 1. The van der Waals surface area contributed by atoms with Crippen LogP contribution in [0.5, 0.6) is 0 Å². The van der Waals surface area contributed by atoms with Crippen LogP contribution in [0.2, 0.25) is 0 Å². The molecule has 1 saturated heterocycles. The fraction of sp³-hybridized carbons (Fsp3) is 0.632. The molecule has 8 nitrogen and oxygen atoms in total. The topological polar surface area (TPSA) is 85.0 Å². The average Bonchev–Trinajstić information content (AvgIpc) is 2.92. The second kappa shape index (κ2) is 5.50. The minimum Gasteiger partial charge on any atom is -0.396 e. The van der Waals surface area contributed by atoms with E-state index in [1.165, 1.54) is 0 Å². The number of aliphatic imine (C=N–C) groups is 1. The van der Waals surface area contributed by atoms with Gasteiger partial charge in [0.25, 0.3) is 0 Å². The monoisotopic (exact) mass is 371 g/mol. The van der Waals surface area contributed by atoms with Crippen molar-refractivity contribution in [3.8, 4) is 0 Å². The lowest BCUT2D eigenvalue weighted by Crippen LogP contribution is -2.37. The summed E-state index contributed by atoms with van der Waals surface area (Å²) in [6.45, 7) is 3.99. The third kappa shape index (κ3) is 2.30. The number of aromatic nitrogens is 3. The van der Waals surface area contributed by atoms with Gasteiger partial charge in [-0.15, -0.1) is 0 Å². The van der Waals surface area contributed by atoms with Crippen molar-refractivity contribution in [3.05, 3.63) is 18.6 Å². The molecule has 3 fully saturated rings. The second-order valence-electron chi connectivity index (χ2n) is 8.50. The van der Waals surface area contributed by atoms with Gasteiger partial charge in [0.15, 0.2) is 11.6 Å². The predicted molar refractivity (Wildman–Crippen MR) is 99.8 cm³/mol. The molecule has 0 spiro atoms. The average molecular weight is 371 g/mol. The van der Waals surface area contributed by atoms with Crippen molar-refractivity contribution < 1.29 is 14.6 Å². The standard InChI is InChI=1S/C19H25N5O3/c1-18(2)26-14-12(8-25)13-7-19(13,15(14)27-18)24-6-5-11-16(22-10-23(3)4)20-9-21-17(11)24/h5-6,9-10,12-15,25H,7-8H2,1-4H3/t12-,13-,14+,15+,19-/m0/s1. The summed E-state index contributed by atoms with van der Waals surface area (Å²) >= 11 is 0. The van der Waals surface area contributed by atoms with E-state index in [9.17, 15) is 5.11 Å². The van der Waals surface area contributed by atoms with Gasteiger partial charge in [0.2, 0.25) is 0 Å². The van der Waals surface area contributed by atoms with Crippen LogP contribution in [0.25, 0.3) is 11.0 Å². The van der Waals surface area contributed by atoms with Crippen LogP contribution in [0.4, 0.5) is 5.82 Å². The highest BCUT2D eigenvalue weighted by molar-refractivity contribution is 5.87. The predicted octanol–water partition coefficient (Wildman–Crippen LogP) is 1.51. The van der Waals surface area contributed by atoms with Crippen molar-refractivity contribution in [2.24, 2.45) is 16.8 Å². The largest absolute Gasteiger partial charge is 0.396 e. The van der Waals surface area contributed by atoms with Crippen LogP contribution < -0.4 is 0 Å². The lowest BCUT2D eigenvalue weighted by atomic mass is 10.0. The summed E-state index contributed by atoms with van der Waals surface area (Å²) in [5, 5.41) is 10.9. The fourth-order valence-electron chi connectivity index (χ4n) is 5.05. The molecule has 5 rings (SSSR count). The number of fused-ring (bicyclic) bond motifs is 4. The SMILES string of the molecule is CN(C)C=Nc1ncnc2c1ccn2[C@@]12C[C@H]1[C@H](CO)[C@H]1OC(C)(C)O[C@H]12. The first kappa shape index (κ1) is 17.1. The Morgan fingerprint density at radius 1 is 1.37 bits per heavy atom. The molecule has 1 N–H and O–H groups in total. The van der Waals surface area contributed by atoms with E-state index in [0.717, 1.165) is 17.5 Å². The number of hydrogen-bond acceptors (Lipinski definition) is 6. The van der Waals surface area contributed by atoms with Crippen LogP contribution in [0.3, 0.4) is 0 Å². The molecule has 3 aliphatic rings. The molecular formula is C19H25N5O3. The molecular weight excluding hydrogens is 346 g/mol. The van der Waals surface area contributed by atoms with Gasteiger partial charge >= 0.3 is 0 Å². The molecule has 1 aliphatic heterocycles. The first-order chi connectivity index (χ1) is 12.9. The normalized spacial score (nSPS) is 36.3. The van der Waals surface area contributed by atoms with Crippen molar-refractivity contribution >= 4 is 23.2 Å². The molecule has 2 aliphatic carbocycles. The number of hydrogen-bond donors (Lipinski definition) is 1. The molecule has 2 aromatic rings. The number of ether oxygens (including phenoxy) is 2. The van der Waals surface area contributed by atoms with Crippen LogP contribution in [0, 0.1) is 11.8 Å². The van der Waals surface area contributed by atoms with Gasteiger partial charge in [-0.3, -0.25) is 0 Å². The summed E-state index contributed by atoms with van der Waals surface area (Å²) in [5.41, 5.74) is 0.633. The van der Waals surface area contributed by atoms with Crippen LogP contribution in [0.15, 0.2) is 23.6 Å². The van der Waals surface area contributed by atoms with E-state index in [2.05, 4.69) is 25.7 Å². The second-order valence-corrected chi connectivity index (χ2v) is 8.50. The van der Waals surface area contributed by atoms with Crippen LogP contribution in [-0.2, 0) is 15.0 Å². The van der Waals surface area contributed by atoms with E-state index >= 15 is 0 Å². The van der Waals surface area contributed by atoms with E-state index in [1.807, 2.05) is 38.9 Å². The molecule has 0 amide bonds. The molecule has 27 heavy (non-hydrogen) atoms. The molecule has 0 radical (unpaired) electrons. The summed E-state index contributed by atoms with van der Waals surface area (Å²) in [6.07, 6.45) is 6.13. The van der Waals surface area contributed by atoms with Gasteiger partial charge in [0, 0.05) is 32.8 Å². The van der Waals surface area contributed by atoms with Crippen molar-refractivity contribution in [1.82, 2.24) is 19.4 Å². The Morgan fingerprint density at radius 2 is 2.19 bits per heavy atom. The van der Waals surface area contributed by atoms with Gasteiger partial charge in [-0.1, -0.05) is 0 Å². The van der Waals surface area contributed by atoms with E-state index < -0.39 is 5.79 Å². The van der Waals surface area contributed by atoms with Crippen molar-refractivity contribution in [3.63, 3.8) is 0 Å². The van der Waals surface area contributed by atoms with Crippen molar-refractivity contribution in [1.29, 1.82) is 0 Å². The molecule has 5 atom stereocenters. The Morgan fingerprint density at radius 3 is 2.93 bits per heavy atom. The van der Waals surface area contributed by atoms with Gasteiger partial charge < -0.3 is 24.0 Å². The highest BCUT2D eigenvalue weighted by Gasteiger charge is 2.76. The van der Waals surface area contributed by atoms with Gasteiger partial charge in [0.05, 0.1) is 23.4 Å². The third-order valence-corrected chi connectivity index (χ3v) is 6.12. The molecule has 2 saturated carbocycles. The summed E-state index contributed by atoms with van der Waals surface area (Å²) < 4.78 is 14.7. The molecule has 8 heteroatoms. The highest BCUT2D eigenvalue weighted by Crippen LogP contribution is 2.68. The summed E-state index contributed by atoms with van der Waals surface area (Å²) in [6, 6.07) is 2.02. The Hall–Kier alpha value is -2.03. The smallest absolute Gasteiger partial charge is 0.166 e. The molecule has 3 heterocycles. The van der Waals surface area contributed by atoms with Gasteiger partial charge in [-0.25, -0.2) is 15.0 Å². The van der Waals surface area contributed by atoms with Crippen molar-refractivity contribution in [2.45, 2.75) is 43.8 Å². The van der Waals surface area contributed by atoms with E-state index in [-0.39, 0.29) is 30.3 Å². The quantitative estimate of drug-likeness (QED) is 0.648. The summed E-state index contributed by atoms with van der Waals surface area (Å²) in [4.78, 5) is 15.2. The zero-order chi connectivity index (χ0) is 19.0. The number of nitrogens with zero attached hydrogens (tertiary/aromatic N) is 5. The summed E-state index contributed by atoms with van der Waals surface area (Å²) in [5.74, 6) is 0.427. The lowest BCUT2D eigenvalue weighted by molar-refractivity contribution is -0.162. The Bertz CT molecular complexity index is 923. The Labute approximate surface area is 157 Å². The lowest BCUT2D eigenvalue weighted by Gasteiger charge is -2.25. The fourth-order valence-corrected chi connectivity index (χ4v) is 5.05. The van der Waals surface area contributed by atoms with Gasteiger partial charge in [0.1, 0.15) is 18.1 Å². The van der Waals surface area contributed by atoms with Crippen LogP contribution >= 0.6 is 0 Å². The van der Waals surface area contributed by atoms with E-state index in [1.54, 1.807) is 12.7 Å². The maximum atomic E-state index is 9.98. The first-order valence-corrected chi connectivity index (χ1v) is 9.37. The summed E-state index contributed by atoms with van der Waals surface area (Å²) in [7, 11) is 3.85. The molecule has 0 bridgehead atoms. The van der Waals surface area contributed by atoms with Gasteiger partial charge in [-0.2, -0.15) is 0 Å². The zero-order valence-corrected chi connectivity index (χ0v) is 16.0. The highest BCUT2D eigenvalue weighted by atomic mass is 16.8. The minimum atomic E-state index is -0.636. The van der Waals surface area contributed by atoms with Crippen LogP contribution in [0.1, 0.15) is 20.3 Å². The molecule has 144 valence electrons. The maximum Gasteiger partial charge on any atom is 0.166 e. The first-order valence-electron chi connectivity index (χ1n) is 9.37.